The van der Waals surface area contributed by atoms with Crippen molar-refractivity contribution in [1.29, 1.82) is 0 Å². The normalized spacial score (nSPS) is 10.0. The van der Waals surface area contributed by atoms with Crippen molar-refractivity contribution in [2.75, 3.05) is 13.0 Å². The van der Waals surface area contributed by atoms with E-state index in [0.717, 1.165) is 0 Å². The van der Waals surface area contributed by atoms with Crippen LogP contribution in [0.4, 0.5) is 4.39 Å². The van der Waals surface area contributed by atoms with E-state index in [0.29, 0.717) is 0 Å². The van der Waals surface area contributed by atoms with E-state index in [1.54, 1.807) is 0 Å². The van der Waals surface area contributed by atoms with Crippen LogP contribution in [0.15, 0.2) is 12.1 Å². The monoisotopic (exact) mass is 236 g/mol. The third-order valence-electron chi connectivity index (χ3n) is 1.68. The Morgan fingerprint density at radius 2 is 2.21 bits per heavy atom. The molecule has 0 aliphatic carbocycles. The van der Waals surface area contributed by atoms with Gasteiger partial charge in [-0.2, -0.15) is 0 Å². The molecular formula is C9H7Cl2FO2. The zero-order valence-corrected chi connectivity index (χ0v) is 8.82. The fraction of sp³-hybridized carbons (Fsp3) is 0.222. The van der Waals surface area contributed by atoms with E-state index >= 15 is 0 Å². The predicted octanol–water partition coefficient (Wildman–Crippen LogP) is 2.91. The lowest BCUT2D eigenvalue weighted by Gasteiger charge is -2.06. The molecular weight excluding hydrogens is 230 g/mol. The summed E-state index contributed by atoms with van der Waals surface area (Å²) in [5.41, 5.74) is -0.221. The lowest BCUT2D eigenvalue weighted by atomic mass is 10.1. The number of carbonyl (C=O) groups is 1. The molecule has 0 fully saturated rings. The first-order valence-corrected chi connectivity index (χ1v) is 4.64. The van der Waals surface area contributed by atoms with Crippen molar-refractivity contribution in [3.8, 4) is 5.75 Å². The molecule has 0 N–H and O–H groups in total. The summed E-state index contributed by atoms with van der Waals surface area (Å²) >= 11 is 11.0. The van der Waals surface area contributed by atoms with Crippen molar-refractivity contribution in [1.82, 2.24) is 0 Å². The van der Waals surface area contributed by atoms with Crippen LogP contribution in [0.2, 0.25) is 5.02 Å². The number of hydrogen-bond donors (Lipinski definition) is 0. The molecule has 0 aromatic heterocycles. The second-order valence-electron chi connectivity index (χ2n) is 2.50. The lowest BCUT2D eigenvalue weighted by molar-refractivity contribution is 0.101. The van der Waals surface area contributed by atoms with Crippen LogP contribution in [0.25, 0.3) is 0 Å². The minimum Gasteiger partial charge on any atom is -0.494 e. The molecule has 0 atom stereocenters. The van der Waals surface area contributed by atoms with Crippen LogP contribution in [0.1, 0.15) is 10.4 Å². The smallest absolute Gasteiger partial charge is 0.182 e. The average Bonchev–Trinajstić information content (AvgIpc) is 2.18. The van der Waals surface area contributed by atoms with Crippen LogP contribution < -0.4 is 4.74 Å². The van der Waals surface area contributed by atoms with E-state index in [1.165, 1.54) is 19.2 Å². The van der Waals surface area contributed by atoms with E-state index < -0.39 is 11.6 Å². The highest BCUT2D eigenvalue weighted by Crippen LogP contribution is 2.27. The van der Waals surface area contributed by atoms with Gasteiger partial charge in [0.25, 0.3) is 0 Å². The van der Waals surface area contributed by atoms with Gasteiger partial charge in [0.2, 0.25) is 0 Å². The molecule has 1 rings (SSSR count). The third-order valence-corrected chi connectivity index (χ3v) is 2.23. The zero-order chi connectivity index (χ0) is 10.7. The fourth-order valence-electron chi connectivity index (χ4n) is 1.01. The first kappa shape index (κ1) is 11.3. The number of hydrogen-bond acceptors (Lipinski definition) is 2. The molecule has 0 bridgehead atoms. The molecule has 0 aliphatic rings. The highest BCUT2D eigenvalue weighted by molar-refractivity contribution is 6.37. The maximum absolute atomic E-state index is 13.5. The average molecular weight is 237 g/mol. The molecule has 0 spiro atoms. The van der Waals surface area contributed by atoms with Crippen LogP contribution in [0.3, 0.4) is 0 Å². The molecule has 0 radical (unpaired) electrons. The summed E-state index contributed by atoms with van der Waals surface area (Å²) in [5.74, 6) is -1.68. The number of halogens is 3. The van der Waals surface area contributed by atoms with Crippen molar-refractivity contribution in [3.63, 3.8) is 0 Å². The van der Waals surface area contributed by atoms with E-state index in [1.807, 2.05) is 0 Å². The third kappa shape index (κ3) is 1.99. The standard InChI is InChI=1S/C9H7Cl2FO2/c1-14-7-3-2-5(11)8(9(7)12)6(13)4-10/h2-3H,4H2,1H3. The van der Waals surface area contributed by atoms with Gasteiger partial charge in [-0.1, -0.05) is 11.6 Å². The maximum Gasteiger partial charge on any atom is 0.182 e. The quantitative estimate of drug-likeness (QED) is 0.596. The Hall–Kier alpha value is -0.800. The topological polar surface area (TPSA) is 26.3 Å². The number of methoxy groups -OCH3 is 1. The Labute approximate surface area is 90.6 Å². The largest absolute Gasteiger partial charge is 0.494 e. The van der Waals surface area contributed by atoms with Gasteiger partial charge in [-0.15, -0.1) is 11.6 Å². The summed E-state index contributed by atoms with van der Waals surface area (Å²) < 4.78 is 18.2. The molecule has 1 aromatic rings. The summed E-state index contributed by atoms with van der Waals surface area (Å²) in [6.45, 7) is 0. The van der Waals surface area contributed by atoms with E-state index in [9.17, 15) is 9.18 Å². The molecule has 0 saturated carbocycles. The van der Waals surface area contributed by atoms with Gasteiger partial charge in [-0.3, -0.25) is 4.79 Å². The van der Waals surface area contributed by atoms with Crippen LogP contribution >= 0.6 is 23.2 Å². The summed E-state index contributed by atoms with van der Waals surface area (Å²) in [7, 11) is 1.31. The lowest BCUT2D eigenvalue weighted by Crippen LogP contribution is -2.06. The highest BCUT2D eigenvalue weighted by atomic mass is 35.5. The fourth-order valence-corrected chi connectivity index (χ4v) is 1.40. The SMILES string of the molecule is COc1ccc(Cl)c(C(=O)CCl)c1F. The number of rotatable bonds is 3. The minimum absolute atomic E-state index is 0.0251. The molecule has 0 amide bonds. The second kappa shape index (κ2) is 4.62. The number of benzene rings is 1. The molecule has 5 heteroatoms. The molecule has 1 aromatic carbocycles. The van der Waals surface area contributed by atoms with Crippen molar-refractivity contribution in [2.45, 2.75) is 0 Å². The summed E-state index contributed by atoms with van der Waals surface area (Å²) in [6.07, 6.45) is 0. The molecule has 2 nitrogen and oxygen atoms in total. The van der Waals surface area contributed by atoms with Crippen LogP contribution in [0, 0.1) is 5.82 Å². The maximum atomic E-state index is 13.5. The summed E-state index contributed by atoms with van der Waals surface area (Å²) in [6, 6.07) is 2.74. The first-order chi connectivity index (χ1) is 6.61. The molecule has 0 saturated heterocycles. The molecule has 14 heavy (non-hydrogen) atoms. The Kier molecular flexibility index (Phi) is 3.72. The summed E-state index contributed by atoms with van der Waals surface area (Å²) in [4.78, 5) is 11.2. The van der Waals surface area contributed by atoms with Crippen LogP contribution in [0.5, 0.6) is 5.75 Å². The van der Waals surface area contributed by atoms with Gasteiger partial charge in [0.15, 0.2) is 17.3 Å². The van der Waals surface area contributed by atoms with Crippen molar-refractivity contribution >= 4 is 29.0 Å². The highest BCUT2D eigenvalue weighted by Gasteiger charge is 2.18. The van der Waals surface area contributed by atoms with E-state index in [-0.39, 0.29) is 22.2 Å². The van der Waals surface area contributed by atoms with E-state index in [4.69, 9.17) is 27.9 Å². The molecule has 0 unspecified atom stereocenters. The van der Waals surface area contributed by atoms with Gasteiger partial charge >= 0.3 is 0 Å². The zero-order valence-electron chi connectivity index (χ0n) is 7.31. The van der Waals surface area contributed by atoms with Crippen molar-refractivity contribution < 1.29 is 13.9 Å². The number of Topliss-reactive ketones (excluding diaryl/α,β-unsaturated/α-hetero) is 1. The van der Waals surface area contributed by atoms with Gasteiger partial charge in [0.05, 0.1) is 23.6 Å². The molecule has 0 aliphatic heterocycles. The summed E-state index contributed by atoms with van der Waals surface area (Å²) in [5, 5.41) is 0.0361. The predicted molar refractivity (Wildman–Crippen MR) is 53.0 cm³/mol. The minimum atomic E-state index is -0.773. The van der Waals surface area contributed by atoms with Crippen LogP contribution in [-0.2, 0) is 0 Å². The Balaban J connectivity index is 3.32. The molecule has 0 heterocycles. The molecule has 76 valence electrons. The van der Waals surface area contributed by atoms with Gasteiger partial charge < -0.3 is 4.74 Å². The van der Waals surface area contributed by atoms with Gasteiger partial charge in [-0.25, -0.2) is 4.39 Å². The van der Waals surface area contributed by atoms with Crippen molar-refractivity contribution in [3.05, 3.63) is 28.5 Å². The Morgan fingerprint density at radius 3 is 2.71 bits per heavy atom. The van der Waals surface area contributed by atoms with Crippen molar-refractivity contribution in [2.24, 2.45) is 0 Å². The Morgan fingerprint density at radius 1 is 1.57 bits per heavy atom. The Bertz CT molecular complexity index is 366. The first-order valence-electron chi connectivity index (χ1n) is 3.73. The number of ether oxygens (including phenoxy) is 1. The van der Waals surface area contributed by atoms with E-state index in [2.05, 4.69) is 0 Å². The van der Waals surface area contributed by atoms with Gasteiger partial charge in [0, 0.05) is 0 Å². The van der Waals surface area contributed by atoms with Crippen LogP contribution in [-0.4, -0.2) is 18.8 Å². The second-order valence-corrected chi connectivity index (χ2v) is 3.17. The van der Waals surface area contributed by atoms with Gasteiger partial charge in [0.1, 0.15) is 0 Å². The van der Waals surface area contributed by atoms with Gasteiger partial charge in [-0.05, 0) is 12.1 Å². The number of ketones is 1. The number of carbonyl (C=O) groups excluding carboxylic acids is 1. The number of alkyl halides is 1.